The van der Waals surface area contributed by atoms with E-state index in [1.165, 1.54) is 18.2 Å². The van der Waals surface area contributed by atoms with Crippen LogP contribution in [0.2, 0.25) is 0 Å². The third-order valence-electron chi connectivity index (χ3n) is 5.97. The first kappa shape index (κ1) is 21.2. The van der Waals surface area contributed by atoms with Crippen LogP contribution in [0, 0.1) is 0 Å². The smallest absolute Gasteiger partial charge is 0.335 e. The standard InChI is InChI=1S/C23H26F2N4O2/c1-23(24,25)18-7-5-4-6-16(18)13-29-20-9-8-15(21(30)31)12-19(20)26-22(29)28-11-10-17(14-28)27(2)3/h4-9,12,17H,10-11,13-14H2,1-3H3,(H,30,31)/t17-/m1/s1. The Kier molecular flexibility index (Phi) is 5.43. The number of fused-ring (bicyclic) bond motifs is 1. The van der Waals surface area contributed by atoms with Gasteiger partial charge in [-0.3, -0.25) is 0 Å². The first-order chi connectivity index (χ1) is 14.6. The molecule has 0 spiro atoms. The maximum absolute atomic E-state index is 14.2. The average molecular weight is 428 g/mol. The molecule has 1 saturated heterocycles. The highest BCUT2D eigenvalue weighted by Crippen LogP contribution is 2.33. The first-order valence-corrected chi connectivity index (χ1v) is 10.3. The molecule has 1 fully saturated rings. The minimum absolute atomic E-state index is 0.0162. The van der Waals surface area contributed by atoms with E-state index in [-0.39, 0.29) is 17.7 Å². The van der Waals surface area contributed by atoms with Gasteiger partial charge in [0.2, 0.25) is 5.95 Å². The molecule has 6 nitrogen and oxygen atoms in total. The second-order valence-corrected chi connectivity index (χ2v) is 8.40. The van der Waals surface area contributed by atoms with Crippen molar-refractivity contribution < 1.29 is 18.7 Å². The molecule has 1 atom stereocenters. The van der Waals surface area contributed by atoms with Gasteiger partial charge >= 0.3 is 5.97 Å². The lowest BCUT2D eigenvalue weighted by molar-refractivity contribution is 0.0164. The molecule has 0 saturated carbocycles. The molecule has 8 heteroatoms. The number of aromatic carboxylic acids is 1. The number of carboxylic acid groups (broad SMARTS) is 1. The molecule has 1 aromatic heterocycles. The SMILES string of the molecule is CN(C)[C@@H]1CCN(c2nc3cc(C(=O)O)ccc3n2Cc2ccccc2C(C)(F)F)C1. The van der Waals surface area contributed by atoms with E-state index in [2.05, 4.69) is 9.80 Å². The van der Waals surface area contributed by atoms with Gasteiger partial charge in [-0.15, -0.1) is 0 Å². The molecule has 164 valence electrons. The molecule has 3 aromatic rings. The van der Waals surface area contributed by atoms with Gasteiger partial charge in [-0.05, 0) is 44.3 Å². The summed E-state index contributed by atoms with van der Waals surface area (Å²) in [5.74, 6) is -3.31. The lowest BCUT2D eigenvalue weighted by atomic mass is 10.0. The quantitative estimate of drug-likeness (QED) is 0.642. The third-order valence-corrected chi connectivity index (χ3v) is 5.97. The summed E-state index contributed by atoms with van der Waals surface area (Å²) < 4.78 is 30.4. The van der Waals surface area contributed by atoms with Crippen molar-refractivity contribution in [2.75, 3.05) is 32.1 Å². The maximum Gasteiger partial charge on any atom is 0.335 e. The highest BCUT2D eigenvalue weighted by Gasteiger charge is 2.30. The minimum Gasteiger partial charge on any atom is -0.478 e. The third kappa shape index (κ3) is 4.12. The zero-order valence-electron chi connectivity index (χ0n) is 17.8. The number of benzene rings is 2. The Morgan fingerprint density at radius 2 is 2.00 bits per heavy atom. The fraction of sp³-hybridized carbons (Fsp3) is 0.391. The van der Waals surface area contributed by atoms with Crippen LogP contribution in [0.1, 0.15) is 34.8 Å². The number of aromatic nitrogens is 2. The molecule has 0 amide bonds. The topological polar surface area (TPSA) is 61.6 Å². The van der Waals surface area contributed by atoms with E-state index in [0.29, 0.717) is 23.1 Å². The number of imidazole rings is 1. The van der Waals surface area contributed by atoms with Crippen molar-refractivity contribution >= 4 is 23.0 Å². The van der Waals surface area contributed by atoms with Crippen molar-refractivity contribution in [3.63, 3.8) is 0 Å². The number of rotatable bonds is 6. The van der Waals surface area contributed by atoms with E-state index in [0.717, 1.165) is 32.0 Å². The van der Waals surface area contributed by atoms with Gasteiger partial charge in [0.15, 0.2) is 0 Å². The lowest BCUT2D eigenvalue weighted by Gasteiger charge is -2.23. The fourth-order valence-electron chi connectivity index (χ4n) is 4.25. The molecule has 0 bridgehead atoms. The maximum atomic E-state index is 14.2. The van der Waals surface area contributed by atoms with Crippen LogP contribution in [-0.4, -0.2) is 58.8 Å². The van der Waals surface area contributed by atoms with Gasteiger partial charge in [-0.2, -0.15) is 0 Å². The molecular formula is C23H26F2N4O2. The molecule has 1 N–H and O–H groups in total. The molecule has 4 rings (SSSR count). The van der Waals surface area contributed by atoms with Gasteiger partial charge in [-0.1, -0.05) is 24.3 Å². The largest absolute Gasteiger partial charge is 0.478 e. The van der Waals surface area contributed by atoms with Crippen LogP contribution >= 0.6 is 0 Å². The summed E-state index contributed by atoms with van der Waals surface area (Å²) in [7, 11) is 4.08. The zero-order chi connectivity index (χ0) is 22.3. The Bertz CT molecular complexity index is 1120. The number of nitrogens with zero attached hydrogens (tertiary/aromatic N) is 4. The summed E-state index contributed by atoms with van der Waals surface area (Å²) in [6.45, 7) is 2.69. The van der Waals surface area contributed by atoms with Crippen molar-refractivity contribution in [3.05, 3.63) is 59.2 Å². The monoisotopic (exact) mass is 428 g/mol. The molecule has 0 unspecified atom stereocenters. The number of alkyl halides is 2. The number of halogens is 2. The molecule has 31 heavy (non-hydrogen) atoms. The predicted molar refractivity (Wildman–Crippen MR) is 116 cm³/mol. The summed E-state index contributed by atoms with van der Waals surface area (Å²) in [6, 6.07) is 11.7. The zero-order valence-corrected chi connectivity index (χ0v) is 17.8. The van der Waals surface area contributed by atoms with Crippen LogP contribution in [-0.2, 0) is 12.5 Å². The van der Waals surface area contributed by atoms with Crippen LogP contribution in [0.5, 0.6) is 0 Å². The average Bonchev–Trinajstić information content (AvgIpc) is 3.32. The number of likely N-dealkylation sites (N-methyl/N-ethyl adjacent to an activating group) is 1. The summed E-state index contributed by atoms with van der Waals surface area (Å²) >= 11 is 0. The van der Waals surface area contributed by atoms with Crippen molar-refractivity contribution in [2.24, 2.45) is 0 Å². The molecule has 1 aliphatic heterocycles. The summed E-state index contributed by atoms with van der Waals surface area (Å²) in [5, 5.41) is 9.35. The molecule has 0 aliphatic carbocycles. The van der Waals surface area contributed by atoms with E-state index < -0.39 is 11.9 Å². The summed E-state index contributed by atoms with van der Waals surface area (Å²) in [6.07, 6.45) is 0.972. The predicted octanol–water partition coefficient (Wildman–Crippen LogP) is 4.03. The molecular weight excluding hydrogens is 402 g/mol. The first-order valence-electron chi connectivity index (χ1n) is 10.3. The van der Waals surface area contributed by atoms with E-state index >= 15 is 0 Å². The van der Waals surface area contributed by atoms with Crippen molar-refractivity contribution in [1.29, 1.82) is 0 Å². The highest BCUT2D eigenvalue weighted by atomic mass is 19.3. The van der Waals surface area contributed by atoms with Crippen LogP contribution in [0.3, 0.4) is 0 Å². The highest BCUT2D eigenvalue weighted by molar-refractivity contribution is 5.93. The second kappa shape index (κ2) is 7.92. The van der Waals surface area contributed by atoms with Crippen LogP contribution in [0.15, 0.2) is 42.5 Å². The van der Waals surface area contributed by atoms with Crippen molar-refractivity contribution in [3.8, 4) is 0 Å². The minimum atomic E-state index is -2.96. The Morgan fingerprint density at radius 1 is 1.26 bits per heavy atom. The Labute approximate surface area is 179 Å². The van der Waals surface area contributed by atoms with E-state index in [9.17, 15) is 18.7 Å². The van der Waals surface area contributed by atoms with Crippen LogP contribution < -0.4 is 4.90 Å². The fourth-order valence-corrected chi connectivity index (χ4v) is 4.25. The summed E-state index contributed by atoms with van der Waals surface area (Å²) in [5.41, 5.74) is 1.92. The molecule has 0 radical (unpaired) electrons. The Hall–Kier alpha value is -3.00. The van der Waals surface area contributed by atoms with Gasteiger partial charge in [-0.25, -0.2) is 18.6 Å². The molecule has 1 aliphatic rings. The molecule has 2 aromatic carbocycles. The summed E-state index contributed by atoms with van der Waals surface area (Å²) in [4.78, 5) is 20.5. The number of hydrogen-bond donors (Lipinski definition) is 1. The van der Waals surface area contributed by atoms with Crippen molar-refractivity contribution in [2.45, 2.75) is 31.9 Å². The second-order valence-electron chi connectivity index (χ2n) is 8.40. The number of carbonyl (C=O) groups is 1. The van der Waals surface area contributed by atoms with Gasteiger partial charge in [0.1, 0.15) is 0 Å². The van der Waals surface area contributed by atoms with Crippen molar-refractivity contribution in [1.82, 2.24) is 14.5 Å². The number of hydrogen-bond acceptors (Lipinski definition) is 4. The number of anilines is 1. The van der Waals surface area contributed by atoms with Gasteiger partial charge in [0.25, 0.3) is 5.92 Å². The van der Waals surface area contributed by atoms with E-state index in [1.54, 1.807) is 24.3 Å². The van der Waals surface area contributed by atoms with Crippen LogP contribution in [0.4, 0.5) is 14.7 Å². The van der Waals surface area contributed by atoms with Gasteiger partial charge < -0.3 is 19.5 Å². The van der Waals surface area contributed by atoms with E-state index in [4.69, 9.17) is 4.98 Å². The van der Waals surface area contributed by atoms with E-state index in [1.807, 2.05) is 18.7 Å². The normalized spacial score (nSPS) is 17.1. The number of carboxylic acids is 1. The Balaban J connectivity index is 1.82. The lowest BCUT2D eigenvalue weighted by Crippen LogP contribution is -2.32. The molecule has 2 heterocycles. The van der Waals surface area contributed by atoms with Gasteiger partial charge in [0, 0.05) is 31.6 Å². The van der Waals surface area contributed by atoms with Crippen LogP contribution in [0.25, 0.3) is 11.0 Å². The van der Waals surface area contributed by atoms with Gasteiger partial charge in [0.05, 0.1) is 23.1 Å². The Morgan fingerprint density at radius 3 is 2.65 bits per heavy atom.